The van der Waals surface area contributed by atoms with Crippen LogP contribution in [0.1, 0.15) is 20.3 Å². The van der Waals surface area contributed by atoms with Crippen LogP contribution >= 0.6 is 15.9 Å². The third kappa shape index (κ3) is 2.59. The molecule has 0 aromatic carbocycles. The van der Waals surface area contributed by atoms with Crippen LogP contribution in [-0.4, -0.2) is 16.3 Å². The normalized spacial score (nSPS) is 20.2. The number of rotatable bonds is 4. The van der Waals surface area contributed by atoms with Crippen LogP contribution in [0.15, 0.2) is 15.5 Å². The van der Waals surface area contributed by atoms with Crippen molar-refractivity contribution in [1.82, 2.24) is 9.78 Å². The smallest absolute Gasteiger partial charge is 0.284 e. The van der Waals surface area contributed by atoms with Gasteiger partial charge in [0.1, 0.15) is 11.0 Å². The first-order valence-electron chi connectivity index (χ1n) is 5.88. The Hall–Kier alpha value is -1.28. The zero-order chi connectivity index (χ0) is 13.3. The Bertz CT molecular complexity index is 556. The summed E-state index contributed by atoms with van der Waals surface area (Å²) in [7, 11) is 0. The number of terminal acetylenes is 1. The molecule has 1 N–H and O–H groups in total. The maximum atomic E-state index is 11.9. The molecule has 1 aromatic rings. The fraction of sp³-hybridized carbons (Fsp3) is 0.538. The van der Waals surface area contributed by atoms with Gasteiger partial charge < -0.3 is 5.32 Å². The Kier molecular flexibility index (Phi) is 3.49. The van der Waals surface area contributed by atoms with Gasteiger partial charge in [-0.25, -0.2) is 4.68 Å². The van der Waals surface area contributed by atoms with Crippen LogP contribution in [0.25, 0.3) is 0 Å². The number of aromatic nitrogens is 2. The first-order valence-corrected chi connectivity index (χ1v) is 6.68. The van der Waals surface area contributed by atoms with E-state index in [1.54, 1.807) is 6.20 Å². The molecule has 1 aromatic heterocycles. The lowest BCUT2D eigenvalue weighted by molar-refractivity contribution is 0.572. The Morgan fingerprint density at radius 1 is 1.72 bits per heavy atom. The highest BCUT2D eigenvalue weighted by molar-refractivity contribution is 9.10. The lowest BCUT2D eigenvalue weighted by atomic mass is 10.1. The second-order valence-corrected chi connectivity index (χ2v) is 6.10. The van der Waals surface area contributed by atoms with Gasteiger partial charge in [-0.05, 0) is 33.7 Å². The third-order valence-electron chi connectivity index (χ3n) is 3.48. The van der Waals surface area contributed by atoms with Gasteiger partial charge in [0.15, 0.2) is 0 Å². The zero-order valence-electron chi connectivity index (χ0n) is 10.5. The van der Waals surface area contributed by atoms with Gasteiger partial charge in [-0.2, -0.15) is 5.10 Å². The second kappa shape index (κ2) is 4.77. The lowest BCUT2D eigenvalue weighted by Crippen LogP contribution is -2.24. The third-order valence-corrected chi connectivity index (χ3v) is 4.25. The van der Waals surface area contributed by atoms with Gasteiger partial charge in [-0.3, -0.25) is 4.79 Å². The molecule has 1 unspecified atom stereocenters. The minimum absolute atomic E-state index is 0.188. The molecule has 0 bridgehead atoms. The van der Waals surface area contributed by atoms with Gasteiger partial charge in [0.25, 0.3) is 5.56 Å². The molecule has 1 saturated carbocycles. The van der Waals surface area contributed by atoms with Gasteiger partial charge in [0, 0.05) is 6.54 Å². The van der Waals surface area contributed by atoms with E-state index in [0.29, 0.717) is 15.8 Å². The summed E-state index contributed by atoms with van der Waals surface area (Å²) in [6, 6.07) is 0. The molecule has 1 heterocycles. The summed E-state index contributed by atoms with van der Waals surface area (Å²) >= 11 is 3.30. The minimum atomic E-state index is -0.201. The van der Waals surface area contributed by atoms with E-state index in [0.717, 1.165) is 12.2 Å². The fourth-order valence-corrected chi connectivity index (χ4v) is 2.39. The molecule has 0 saturated heterocycles. The van der Waals surface area contributed by atoms with Gasteiger partial charge in [-0.15, -0.1) is 6.42 Å². The van der Waals surface area contributed by atoms with E-state index in [2.05, 4.69) is 46.1 Å². The molecule has 1 aliphatic carbocycles. The second-order valence-electron chi connectivity index (χ2n) is 5.31. The molecule has 1 fully saturated rings. The van der Waals surface area contributed by atoms with E-state index in [-0.39, 0.29) is 12.1 Å². The van der Waals surface area contributed by atoms with Crippen LogP contribution in [0.2, 0.25) is 0 Å². The Morgan fingerprint density at radius 2 is 2.39 bits per heavy atom. The molecule has 96 valence electrons. The van der Waals surface area contributed by atoms with Crippen LogP contribution < -0.4 is 10.9 Å². The van der Waals surface area contributed by atoms with Gasteiger partial charge >= 0.3 is 0 Å². The van der Waals surface area contributed by atoms with Crippen molar-refractivity contribution in [3.05, 3.63) is 21.0 Å². The summed E-state index contributed by atoms with van der Waals surface area (Å²) in [6.45, 7) is 5.55. The van der Waals surface area contributed by atoms with Crippen LogP contribution in [-0.2, 0) is 6.54 Å². The fourth-order valence-electron chi connectivity index (χ4n) is 1.95. The van der Waals surface area contributed by atoms with E-state index in [1.165, 1.54) is 11.1 Å². The van der Waals surface area contributed by atoms with E-state index in [9.17, 15) is 4.79 Å². The Balaban J connectivity index is 2.08. The van der Waals surface area contributed by atoms with Crippen LogP contribution in [0.3, 0.4) is 0 Å². The maximum Gasteiger partial charge on any atom is 0.284 e. The number of anilines is 1. The first kappa shape index (κ1) is 13.2. The standard InChI is InChI=1S/C13H16BrN3O/c1-4-5-17-12(18)11(14)10(8-16-17)15-7-9-6-13(9,2)3/h1,8-9,15H,5-7H2,2-3H3. The average molecular weight is 310 g/mol. The van der Waals surface area contributed by atoms with Crippen molar-refractivity contribution in [3.63, 3.8) is 0 Å². The molecular weight excluding hydrogens is 294 g/mol. The predicted molar refractivity (Wildman–Crippen MR) is 75.4 cm³/mol. The number of hydrogen-bond acceptors (Lipinski definition) is 3. The summed E-state index contributed by atoms with van der Waals surface area (Å²) in [5.41, 5.74) is 0.953. The lowest BCUT2D eigenvalue weighted by Gasteiger charge is -2.10. The molecule has 18 heavy (non-hydrogen) atoms. The molecular formula is C13H16BrN3O. The maximum absolute atomic E-state index is 11.9. The minimum Gasteiger partial charge on any atom is -0.382 e. The summed E-state index contributed by atoms with van der Waals surface area (Å²) in [5.74, 6) is 3.07. The van der Waals surface area contributed by atoms with Gasteiger partial charge in [0.2, 0.25) is 0 Å². The molecule has 0 amide bonds. The van der Waals surface area contributed by atoms with Gasteiger partial charge in [-0.1, -0.05) is 19.8 Å². The van der Waals surface area contributed by atoms with Crippen LogP contribution in [0, 0.1) is 23.7 Å². The van der Waals surface area contributed by atoms with Crippen molar-refractivity contribution in [2.24, 2.45) is 11.3 Å². The van der Waals surface area contributed by atoms with E-state index >= 15 is 0 Å². The van der Waals surface area contributed by atoms with Crippen molar-refractivity contribution in [3.8, 4) is 12.3 Å². The number of halogens is 1. The van der Waals surface area contributed by atoms with E-state index in [1.807, 2.05) is 0 Å². The summed E-state index contributed by atoms with van der Waals surface area (Å²) in [5, 5.41) is 7.30. The highest BCUT2D eigenvalue weighted by Gasteiger charge is 2.45. The molecule has 1 atom stereocenters. The van der Waals surface area contributed by atoms with E-state index < -0.39 is 0 Å². The molecule has 2 rings (SSSR count). The molecule has 0 radical (unpaired) electrons. The Labute approximate surface area is 115 Å². The first-order chi connectivity index (χ1) is 8.45. The predicted octanol–water partition coefficient (Wildman–Crippen LogP) is 2.10. The molecule has 0 spiro atoms. The molecule has 4 nitrogen and oxygen atoms in total. The quantitative estimate of drug-likeness (QED) is 0.866. The number of nitrogens with one attached hydrogen (secondary N) is 1. The molecule has 0 aliphatic heterocycles. The largest absolute Gasteiger partial charge is 0.382 e. The Morgan fingerprint density at radius 3 is 2.94 bits per heavy atom. The average Bonchev–Trinajstić information content (AvgIpc) is 2.92. The monoisotopic (exact) mass is 309 g/mol. The SMILES string of the molecule is C#CCn1ncc(NCC2CC2(C)C)c(Br)c1=O. The van der Waals surface area contributed by atoms with Crippen LogP contribution in [0.4, 0.5) is 5.69 Å². The van der Waals surface area contributed by atoms with Gasteiger partial charge in [0.05, 0.1) is 11.9 Å². The van der Waals surface area contributed by atoms with Crippen molar-refractivity contribution in [2.45, 2.75) is 26.8 Å². The van der Waals surface area contributed by atoms with Crippen molar-refractivity contribution in [2.75, 3.05) is 11.9 Å². The van der Waals surface area contributed by atoms with E-state index in [4.69, 9.17) is 6.42 Å². The number of nitrogens with zero attached hydrogens (tertiary/aromatic N) is 2. The summed E-state index contributed by atoms with van der Waals surface area (Å²) < 4.78 is 1.75. The number of hydrogen-bond donors (Lipinski definition) is 1. The highest BCUT2D eigenvalue weighted by Crippen LogP contribution is 2.51. The summed E-state index contributed by atoms with van der Waals surface area (Å²) in [6.07, 6.45) is 8.03. The van der Waals surface area contributed by atoms with Crippen molar-refractivity contribution in [1.29, 1.82) is 0 Å². The van der Waals surface area contributed by atoms with Crippen molar-refractivity contribution >= 4 is 21.6 Å². The van der Waals surface area contributed by atoms with Crippen molar-refractivity contribution < 1.29 is 0 Å². The topological polar surface area (TPSA) is 46.9 Å². The molecule has 5 heteroatoms. The zero-order valence-corrected chi connectivity index (χ0v) is 12.1. The summed E-state index contributed by atoms with van der Waals surface area (Å²) in [4.78, 5) is 11.9. The van der Waals surface area contributed by atoms with Crippen LogP contribution in [0.5, 0.6) is 0 Å². The highest BCUT2D eigenvalue weighted by atomic mass is 79.9. The molecule has 1 aliphatic rings.